The fourth-order valence-electron chi connectivity index (χ4n) is 1.64. The van der Waals surface area contributed by atoms with Gasteiger partial charge in [-0.25, -0.2) is 12.8 Å². The molecule has 4 nitrogen and oxygen atoms in total. The van der Waals surface area contributed by atoms with E-state index in [9.17, 15) is 12.8 Å². The maximum atomic E-state index is 13.9. The fraction of sp³-hybridized carbons (Fsp3) is 0.154. The number of nitrogens with two attached hydrogens (primary N) is 1. The molecule has 1 aromatic heterocycles. The van der Waals surface area contributed by atoms with Crippen LogP contribution >= 0.6 is 23.6 Å². The van der Waals surface area contributed by atoms with E-state index in [4.69, 9.17) is 18.0 Å². The van der Waals surface area contributed by atoms with Crippen molar-refractivity contribution >= 4 is 44.3 Å². The van der Waals surface area contributed by atoms with Gasteiger partial charge in [-0.3, -0.25) is 4.72 Å². The van der Waals surface area contributed by atoms with Crippen molar-refractivity contribution in [2.45, 2.75) is 17.6 Å². The molecule has 0 amide bonds. The summed E-state index contributed by atoms with van der Waals surface area (Å²) in [5, 5.41) is 0. The standard InChI is InChI=1S/C13H13FN2O2S3/c1-2-9-4-6-12(20-9)21(17,18)16-11-5-3-8(13(15)19)7-10(11)14/h3-7,16H,2H2,1H3,(H2,15,19). The van der Waals surface area contributed by atoms with Crippen molar-refractivity contribution < 1.29 is 12.8 Å². The average Bonchev–Trinajstić information content (AvgIpc) is 2.90. The Morgan fingerprint density at radius 3 is 2.62 bits per heavy atom. The highest BCUT2D eigenvalue weighted by Crippen LogP contribution is 2.25. The first-order chi connectivity index (χ1) is 9.83. The van der Waals surface area contributed by atoms with Crippen LogP contribution in [0.2, 0.25) is 0 Å². The molecule has 0 bridgehead atoms. The number of rotatable bonds is 5. The maximum absolute atomic E-state index is 13.9. The van der Waals surface area contributed by atoms with Crippen LogP contribution in [0.15, 0.2) is 34.5 Å². The molecule has 1 heterocycles. The van der Waals surface area contributed by atoms with E-state index >= 15 is 0 Å². The van der Waals surface area contributed by atoms with Gasteiger partial charge in [0, 0.05) is 10.4 Å². The van der Waals surface area contributed by atoms with E-state index in [0.29, 0.717) is 5.56 Å². The fourth-order valence-corrected chi connectivity index (χ4v) is 4.13. The zero-order chi connectivity index (χ0) is 15.6. The van der Waals surface area contributed by atoms with Crippen LogP contribution in [0.5, 0.6) is 0 Å². The smallest absolute Gasteiger partial charge is 0.271 e. The lowest BCUT2D eigenvalue weighted by Gasteiger charge is -2.08. The molecule has 2 aromatic rings. The molecule has 21 heavy (non-hydrogen) atoms. The molecule has 3 N–H and O–H groups in total. The average molecular weight is 344 g/mol. The highest BCUT2D eigenvalue weighted by Gasteiger charge is 2.18. The lowest BCUT2D eigenvalue weighted by molar-refractivity contribution is 0.600. The van der Waals surface area contributed by atoms with Gasteiger partial charge in [-0.1, -0.05) is 19.1 Å². The molecule has 0 atom stereocenters. The molecule has 112 valence electrons. The summed E-state index contributed by atoms with van der Waals surface area (Å²) in [5.41, 5.74) is 5.60. The Labute approximate surface area is 131 Å². The molecular formula is C13H13FN2O2S3. The normalized spacial score (nSPS) is 11.3. The van der Waals surface area contributed by atoms with Gasteiger partial charge in [-0.05, 0) is 36.8 Å². The largest absolute Gasteiger partial charge is 0.389 e. The second-order valence-corrected chi connectivity index (χ2v) is 7.76. The molecule has 0 fully saturated rings. The van der Waals surface area contributed by atoms with Crippen molar-refractivity contribution in [3.63, 3.8) is 0 Å². The molecule has 0 saturated heterocycles. The SMILES string of the molecule is CCc1ccc(S(=O)(=O)Nc2ccc(C(N)=S)cc2F)s1. The first-order valence-corrected chi connectivity index (χ1v) is 8.75. The molecular weight excluding hydrogens is 331 g/mol. The number of benzene rings is 1. The van der Waals surface area contributed by atoms with Gasteiger partial charge < -0.3 is 5.73 Å². The number of sulfonamides is 1. The van der Waals surface area contributed by atoms with Crippen molar-refractivity contribution in [3.8, 4) is 0 Å². The van der Waals surface area contributed by atoms with Crippen LogP contribution in [0.3, 0.4) is 0 Å². The number of halogens is 1. The number of thiocarbonyl (C=S) groups is 1. The van der Waals surface area contributed by atoms with E-state index in [1.165, 1.54) is 18.2 Å². The van der Waals surface area contributed by atoms with Crippen LogP contribution in [0.1, 0.15) is 17.4 Å². The second kappa shape index (κ2) is 6.08. The van der Waals surface area contributed by atoms with Gasteiger partial charge in [-0.2, -0.15) is 0 Å². The topological polar surface area (TPSA) is 72.2 Å². The Morgan fingerprint density at radius 1 is 1.38 bits per heavy atom. The summed E-state index contributed by atoms with van der Waals surface area (Å²) in [6, 6.07) is 7.12. The highest BCUT2D eigenvalue weighted by molar-refractivity contribution is 7.94. The van der Waals surface area contributed by atoms with E-state index in [2.05, 4.69) is 4.72 Å². The molecule has 8 heteroatoms. The second-order valence-electron chi connectivity index (χ2n) is 4.24. The molecule has 0 saturated carbocycles. The Kier molecular flexibility index (Phi) is 4.60. The quantitative estimate of drug-likeness (QED) is 0.818. The van der Waals surface area contributed by atoms with Crippen LogP contribution in [0.25, 0.3) is 0 Å². The molecule has 0 spiro atoms. The molecule has 1 aromatic carbocycles. The van der Waals surface area contributed by atoms with Crippen LogP contribution in [-0.2, 0) is 16.4 Å². The monoisotopic (exact) mass is 344 g/mol. The number of hydrogen-bond acceptors (Lipinski definition) is 4. The number of anilines is 1. The number of thiophene rings is 1. The van der Waals surface area contributed by atoms with E-state index in [-0.39, 0.29) is 14.9 Å². The van der Waals surface area contributed by atoms with Gasteiger partial charge in [0.1, 0.15) is 15.0 Å². The van der Waals surface area contributed by atoms with Crippen LogP contribution in [0, 0.1) is 5.82 Å². The van der Waals surface area contributed by atoms with E-state index < -0.39 is 15.8 Å². The summed E-state index contributed by atoms with van der Waals surface area (Å²) in [4.78, 5) is 0.994. The van der Waals surface area contributed by atoms with Crippen molar-refractivity contribution in [1.82, 2.24) is 0 Å². The molecule has 2 rings (SSSR count). The zero-order valence-corrected chi connectivity index (χ0v) is 13.5. The molecule has 0 aliphatic carbocycles. The molecule has 0 aliphatic rings. The van der Waals surface area contributed by atoms with Crippen LogP contribution in [-0.4, -0.2) is 13.4 Å². The van der Waals surface area contributed by atoms with Crippen molar-refractivity contribution in [1.29, 1.82) is 0 Å². The summed E-state index contributed by atoms with van der Waals surface area (Å²) < 4.78 is 40.6. The zero-order valence-electron chi connectivity index (χ0n) is 11.1. The number of aryl methyl sites for hydroxylation is 1. The predicted molar refractivity (Wildman–Crippen MR) is 86.8 cm³/mol. The molecule has 0 radical (unpaired) electrons. The Morgan fingerprint density at radius 2 is 2.10 bits per heavy atom. The summed E-state index contributed by atoms with van der Waals surface area (Å²) >= 11 is 5.90. The Balaban J connectivity index is 2.30. The van der Waals surface area contributed by atoms with Gasteiger partial charge in [0.05, 0.1) is 5.69 Å². The lowest BCUT2D eigenvalue weighted by atomic mass is 10.2. The summed E-state index contributed by atoms with van der Waals surface area (Å²) in [7, 11) is -3.79. The maximum Gasteiger partial charge on any atom is 0.271 e. The third-order valence-electron chi connectivity index (χ3n) is 2.75. The summed E-state index contributed by atoms with van der Waals surface area (Å²) in [5.74, 6) is -0.726. The first kappa shape index (κ1) is 15.9. The minimum atomic E-state index is -3.79. The third-order valence-corrected chi connectivity index (χ3v) is 6.07. The minimum Gasteiger partial charge on any atom is -0.389 e. The number of hydrogen-bond donors (Lipinski definition) is 2. The Bertz CT molecular complexity index is 784. The minimum absolute atomic E-state index is 0.0501. The van der Waals surface area contributed by atoms with Gasteiger partial charge in [0.15, 0.2) is 0 Å². The van der Waals surface area contributed by atoms with Crippen molar-refractivity contribution in [2.24, 2.45) is 5.73 Å². The third kappa shape index (κ3) is 3.58. The van der Waals surface area contributed by atoms with Gasteiger partial charge in [0.25, 0.3) is 10.0 Å². The van der Waals surface area contributed by atoms with E-state index in [1.807, 2.05) is 6.92 Å². The summed E-state index contributed by atoms with van der Waals surface area (Å²) in [6.07, 6.45) is 0.747. The van der Waals surface area contributed by atoms with Gasteiger partial charge >= 0.3 is 0 Å². The number of nitrogens with one attached hydrogen (secondary N) is 1. The highest BCUT2D eigenvalue weighted by atomic mass is 32.2. The predicted octanol–water partition coefficient (Wildman–Crippen LogP) is 2.88. The van der Waals surface area contributed by atoms with Crippen molar-refractivity contribution in [3.05, 3.63) is 46.6 Å². The Hall–Kier alpha value is -1.51. The lowest BCUT2D eigenvalue weighted by Crippen LogP contribution is -2.14. The summed E-state index contributed by atoms with van der Waals surface area (Å²) in [6.45, 7) is 1.93. The van der Waals surface area contributed by atoms with Gasteiger partial charge in [0.2, 0.25) is 0 Å². The van der Waals surface area contributed by atoms with E-state index in [1.54, 1.807) is 6.07 Å². The van der Waals surface area contributed by atoms with Crippen molar-refractivity contribution in [2.75, 3.05) is 4.72 Å². The molecule has 0 aliphatic heterocycles. The van der Waals surface area contributed by atoms with E-state index in [0.717, 1.165) is 28.7 Å². The molecule has 0 unspecified atom stereocenters. The first-order valence-electron chi connectivity index (χ1n) is 6.04. The van der Waals surface area contributed by atoms with Crippen LogP contribution in [0.4, 0.5) is 10.1 Å². The van der Waals surface area contributed by atoms with Gasteiger partial charge in [-0.15, -0.1) is 11.3 Å². The van der Waals surface area contributed by atoms with Crippen LogP contribution < -0.4 is 10.5 Å².